The molecule has 0 aliphatic carbocycles. The molecule has 4 N–H and O–H groups in total. The molecular weight excluding hydrogens is 248 g/mol. The Morgan fingerprint density at radius 2 is 2.21 bits per heavy atom. The van der Waals surface area contributed by atoms with E-state index < -0.39 is 17.9 Å². The summed E-state index contributed by atoms with van der Waals surface area (Å²) in [5, 5.41) is 11.6. The van der Waals surface area contributed by atoms with Gasteiger partial charge in [0.1, 0.15) is 11.9 Å². The van der Waals surface area contributed by atoms with Crippen LogP contribution in [-0.2, 0) is 4.79 Å². The van der Waals surface area contributed by atoms with Gasteiger partial charge in [-0.2, -0.15) is 0 Å². The minimum atomic E-state index is -1.39. The summed E-state index contributed by atoms with van der Waals surface area (Å²) in [4.78, 5) is 22.4. The quantitative estimate of drug-likeness (QED) is 0.649. The summed E-state index contributed by atoms with van der Waals surface area (Å²) in [6.07, 6.45) is -0.509. The van der Waals surface area contributed by atoms with Crippen molar-refractivity contribution in [1.82, 2.24) is 5.32 Å². The zero-order valence-electron chi connectivity index (χ0n) is 10.8. The van der Waals surface area contributed by atoms with Crippen LogP contribution in [0.2, 0.25) is 0 Å². The molecule has 0 aliphatic rings. The molecule has 0 saturated heterocycles. The molecule has 0 radical (unpaired) electrons. The SMILES string of the molecule is CCCOc1cccc(C(=O)NCC(O)C(N)=O)c1. The molecule has 0 heterocycles. The Labute approximate surface area is 111 Å². The highest BCUT2D eigenvalue weighted by atomic mass is 16.5. The van der Waals surface area contributed by atoms with E-state index in [2.05, 4.69) is 5.32 Å². The van der Waals surface area contributed by atoms with Gasteiger partial charge in [-0.1, -0.05) is 13.0 Å². The van der Waals surface area contributed by atoms with Crippen LogP contribution in [0.5, 0.6) is 5.75 Å². The van der Waals surface area contributed by atoms with E-state index in [1.54, 1.807) is 24.3 Å². The fourth-order valence-corrected chi connectivity index (χ4v) is 1.34. The first-order valence-corrected chi connectivity index (χ1v) is 6.03. The Balaban J connectivity index is 2.59. The third kappa shape index (κ3) is 4.97. The van der Waals surface area contributed by atoms with Gasteiger partial charge < -0.3 is 20.9 Å². The molecule has 0 aliphatic heterocycles. The predicted octanol–water partition coefficient (Wildman–Crippen LogP) is 0.0514. The average Bonchev–Trinajstić information content (AvgIpc) is 2.42. The van der Waals surface area contributed by atoms with Crippen LogP contribution in [0.3, 0.4) is 0 Å². The van der Waals surface area contributed by atoms with Crippen LogP contribution in [0.1, 0.15) is 23.7 Å². The molecule has 0 spiro atoms. The molecule has 0 bridgehead atoms. The normalized spacial score (nSPS) is 11.7. The smallest absolute Gasteiger partial charge is 0.251 e. The molecule has 6 heteroatoms. The third-order valence-electron chi connectivity index (χ3n) is 2.35. The van der Waals surface area contributed by atoms with Crippen molar-refractivity contribution >= 4 is 11.8 Å². The number of aliphatic hydroxyl groups is 1. The van der Waals surface area contributed by atoms with Gasteiger partial charge in [0.05, 0.1) is 13.2 Å². The van der Waals surface area contributed by atoms with Crippen molar-refractivity contribution in [2.45, 2.75) is 19.4 Å². The van der Waals surface area contributed by atoms with Crippen molar-refractivity contribution < 1.29 is 19.4 Å². The first kappa shape index (κ1) is 15.0. The van der Waals surface area contributed by atoms with E-state index >= 15 is 0 Å². The summed E-state index contributed by atoms with van der Waals surface area (Å²) < 4.78 is 5.41. The van der Waals surface area contributed by atoms with Crippen LogP contribution in [0.4, 0.5) is 0 Å². The van der Waals surface area contributed by atoms with Crippen LogP contribution in [-0.4, -0.2) is 36.2 Å². The molecule has 6 nitrogen and oxygen atoms in total. The Hall–Kier alpha value is -2.08. The summed E-state index contributed by atoms with van der Waals surface area (Å²) in [6.45, 7) is 2.35. The fourth-order valence-electron chi connectivity index (χ4n) is 1.34. The molecule has 1 aromatic rings. The summed E-state index contributed by atoms with van der Waals surface area (Å²) in [6, 6.07) is 6.67. The Morgan fingerprint density at radius 3 is 2.84 bits per heavy atom. The van der Waals surface area contributed by atoms with E-state index in [1.165, 1.54) is 0 Å². The standard InChI is InChI=1S/C13H18N2O4/c1-2-6-19-10-5-3-4-9(7-10)13(18)15-8-11(16)12(14)17/h3-5,7,11,16H,2,6,8H2,1H3,(H2,14,17)(H,15,18). The van der Waals surface area contributed by atoms with E-state index in [0.29, 0.717) is 17.9 Å². The Bertz CT molecular complexity index is 448. The molecule has 0 aromatic heterocycles. The predicted molar refractivity (Wildman–Crippen MR) is 69.8 cm³/mol. The topological polar surface area (TPSA) is 102 Å². The second-order valence-corrected chi connectivity index (χ2v) is 4.00. The highest BCUT2D eigenvalue weighted by Gasteiger charge is 2.13. The Morgan fingerprint density at radius 1 is 1.47 bits per heavy atom. The van der Waals surface area contributed by atoms with E-state index in [0.717, 1.165) is 6.42 Å². The lowest BCUT2D eigenvalue weighted by Gasteiger charge is -2.10. The number of nitrogens with one attached hydrogen (secondary N) is 1. The number of nitrogens with two attached hydrogens (primary N) is 1. The van der Waals surface area contributed by atoms with Gasteiger partial charge >= 0.3 is 0 Å². The molecular formula is C13H18N2O4. The maximum Gasteiger partial charge on any atom is 0.251 e. The van der Waals surface area contributed by atoms with Crippen molar-refractivity contribution in [1.29, 1.82) is 0 Å². The van der Waals surface area contributed by atoms with Crippen LogP contribution < -0.4 is 15.8 Å². The molecule has 1 aromatic carbocycles. The number of hydrogen-bond donors (Lipinski definition) is 3. The summed E-state index contributed by atoms with van der Waals surface area (Å²) in [5.74, 6) is -0.674. The number of aliphatic hydroxyl groups excluding tert-OH is 1. The number of ether oxygens (including phenoxy) is 1. The average molecular weight is 266 g/mol. The van der Waals surface area contributed by atoms with Gasteiger partial charge in [-0.05, 0) is 24.6 Å². The highest BCUT2D eigenvalue weighted by Crippen LogP contribution is 2.13. The van der Waals surface area contributed by atoms with Crippen molar-refractivity contribution in [2.75, 3.05) is 13.2 Å². The lowest BCUT2D eigenvalue weighted by molar-refractivity contribution is -0.125. The second kappa shape index (κ2) is 7.38. The summed E-state index contributed by atoms with van der Waals surface area (Å²) in [5.41, 5.74) is 5.27. The molecule has 0 saturated carbocycles. The highest BCUT2D eigenvalue weighted by molar-refractivity contribution is 5.95. The van der Waals surface area contributed by atoms with Crippen LogP contribution >= 0.6 is 0 Å². The molecule has 1 rings (SSSR count). The number of hydrogen-bond acceptors (Lipinski definition) is 4. The second-order valence-electron chi connectivity index (χ2n) is 4.00. The number of primary amides is 1. The van der Waals surface area contributed by atoms with Crippen molar-refractivity contribution in [3.8, 4) is 5.75 Å². The molecule has 1 atom stereocenters. The lowest BCUT2D eigenvalue weighted by Crippen LogP contribution is -2.39. The van der Waals surface area contributed by atoms with Crippen molar-refractivity contribution in [3.63, 3.8) is 0 Å². The van der Waals surface area contributed by atoms with Gasteiger partial charge in [-0.3, -0.25) is 9.59 Å². The molecule has 104 valence electrons. The Kier molecular flexibility index (Phi) is 5.81. The fraction of sp³-hybridized carbons (Fsp3) is 0.385. The number of carbonyl (C=O) groups excluding carboxylic acids is 2. The van der Waals surface area contributed by atoms with Gasteiger partial charge in [-0.15, -0.1) is 0 Å². The van der Waals surface area contributed by atoms with Crippen LogP contribution in [0.15, 0.2) is 24.3 Å². The zero-order chi connectivity index (χ0) is 14.3. The van der Waals surface area contributed by atoms with E-state index in [4.69, 9.17) is 10.5 Å². The summed E-state index contributed by atoms with van der Waals surface area (Å²) >= 11 is 0. The summed E-state index contributed by atoms with van der Waals surface area (Å²) in [7, 11) is 0. The van der Waals surface area contributed by atoms with Crippen molar-refractivity contribution in [3.05, 3.63) is 29.8 Å². The number of carbonyl (C=O) groups is 2. The van der Waals surface area contributed by atoms with Crippen LogP contribution in [0, 0.1) is 0 Å². The lowest BCUT2D eigenvalue weighted by atomic mass is 10.2. The third-order valence-corrected chi connectivity index (χ3v) is 2.35. The van der Waals surface area contributed by atoms with Crippen molar-refractivity contribution in [2.24, 2.45) is 5.73 Å². The zero-order valence-corrected chi connectivity index (χ0v) is 10.8. The first-order chi connectivity index (χ1) is 9.04. The molecule has 2 amide bonds. The minimum absolute atomic E-state index is 0.214. The maximum absolute atomic E-state index is 11.8. The van der Waals surface area contributed by atoms with Gasteiger partial charge in [0.2, 0.25) is 5.91 Å². The van der Waals surface area contributed by atoms with E-state index in [1.807, 2.05) is 6.92 Å². The van der Waals surface area contributed by atoms with Gasteiger partial charge in [0, 0.05) is 5.56 Å². The van der Waals surface area contributed by atoms with Crippen LogP contribution in [0.25, 0.3) is 0 Å². The number of benzene rings is 1. The minimum Gasteiger partial charge on any atom is -0.494 e. The molecule has 19 heavy (non-hydrogen) atoms. The number of amides is 2. The van der Waals surface area contributed by atoms with Gasteiger partial charge in [0.15, 0.2) is 0 Å². The maximum atomic E-state index is 11.8. The van der Waals surface area contributed by atoms with Gasteiger partial charge in [-0.25, -0.2) is 0 Å². The van der Waals surface area contributed by atoms with Gasteiger partial charge in [0.25, 0.3) is 5.91 Å². The monoisotopic (exact) mass is 266 g/mol. The van der Waals surface area contributed by atoms with E-state index in [-0.39, 0.29) is 6.54 Å². The molecule has 0 fully saturated rings. The largest absolute Gasteiger partial charge is 0.494 e. The molecule has 1 unspecified atom stereocenters. The number of rotatable bonds is 7. The first-order valence-electron chi connectivity index (χ1n) is 6.03. The van der Waals surface area contributed by atoms with E-state index in [9.17, 15) is 14.7 Å².